The summed E-state index contributed by atoms with van der Waals surface area (Å²) in [6.45, 7) is 5.60. The summed E-state index contributed by atoms with van der Waals surface area (Å²) in [5, 5.41) is 0. The summed E-state index contributed by atoms with van der Waals surface area (Å²) in [6, 6.07) is 4.38. The average Bonchev–Trinajstić information content (AvgIpc) is 2.43. The molecule has 20 heavy (non-hydrogen) atoms. The molecular formula is C18H32BrN. The second-order valence-corrected chi connectivity index (χ2v) is 5.80. The predicted molar refractivity (Wildman–Crippen MR) is 83.2 cm³/mol. The van der Waals surface area contributed by atoms with Crippen molar-refractivity contribution in [3.8, 4) is 0 Å². The van der Waals surface area contributed by atoms with E-state index in [0.717, 1.165) is 0 Å². The van der Waals surface area contributed by atoms with Crippen molar-refractivity contribution in [2.45, 2.75) is 84.6 Å². The zero-order valence-electron chi connectivity index (χ0n) is 13.4. The molecule has 0 amide bonds. The maximum Gasteiger partial charge on any atom is 0.169 e. The minimum absolute atomic E-state index is 0. The normalized spacial score (nSPS) is 10.3. The number of pyridine rings is 1. The monoisotopic (exact) mass is 341 g/mol. The molecule has 0 fully saturated rings. The molecule has 0 aliphatic rings. The predicted octanol–water partition coefficient (Wildman–Crippen LogP) is 2.21. The van der Waals surface area contributed by atoms with Crippen LogP contribution >= 0.6 is 0 Å². The number of aromatic nitrogens is 1. The van der Waals surface area contributed by atoms with Gasteiger partial charge in [-0.2, -0.15) is 0 Å². The number of hydrogen-bond acceptors (Lipinski definition) is 0. The molecule has 1 heterocycles. The molecule has 0 aliphatic heterocycles. The van der Waals surface area contributed by atoms with Crippen LogP contribution in [0.15, 0.2) is 24.5 Å². The zero-order chi connectivity index (χ0) is 13.8. The van der Waals surface area contributed by atoms with Gasteiger partial charge in [0.15, 0.2) is 12.4 Å². The third kappa shape index (κ3) is 10.4. The van der Waals surface area contributed by atoms with Crippen LogP contribution in [0.4, 0.5) is 0 Å². The summed E-state index contributed by atoms with van der Waals surface area (Å²) >= 11 is 0. The highest BCUT2D eigenvalue weighted by atomic mass is 79.9. The van der Waals surface area contributed by atoms with Gasteiger partial charge in [-0.05, 0) is 18.9 Å². The van der Waals surface area contributed by atoms with Gasteiger partial charge in [-0.1, -0.05) is 58.3 Å². The molecule has 0 saturated heterocycles. The first-order chi connectivity index (χ1) is 9.33. The summed E-state index contributed by atoms with van der Waals surface area (Å²) in [4.78, 5) is 0. The highest BCUT2D eigenvalue weighted by Crippen LogP contribution is 2.10. The van der Waals surface area contributed by atoms with Gasteiger partial charge in [0.2, 0.25) is 0 Å². The minimum Gasteiger partial charge on any atom is -1.00 e. The maximum absolute atomic E-state index is 2.30. The summed E-state index contributed by atoms with van der Waals surface area (Å²) in [5.41, 5.74) is 1.35. The topological polar surface area (TPSA) is 3.88 Å². The number of nitrogens with zero attached hydrogens (tertiary/aromatic N) is 1. The van der Waals surface area contributed by atoms with Crippen molar-refractivity contribution in [3.05, 3.63) is 30.1 Å². The van der Waals surface area contributed by atoms with Crippen LogP contribution in [0.25, 0.3) is 0 Å². The van der Waals surface area contributed by atoms with Crippen LogP contribution in [-0.4, -0.2) is 0 Å². The molecule has 0 unspecified atom stereocenters. The Bertz CT molecular complexity index is 308. The van der Waals surface area contributed by atoms with Crippen molar-refractivity contribution >= 4 is 0 Å². The highest BCUT2D eigenvalue weighted by molar-refractivity contribution is 5.03. The van der Waals surface area contributed by atoms with Crippen LogP contribution in [0.1, 0.15) is 76.7 Å². The first kappa shape index (κ1) is 19.6. The first-order valence-corrected chi connectivity index (χ1v) is 8.28. The number of aryl methyl sites for hydroxylation is 2. The second-order valence-electron chi connectivity index (χ2n) is 5.80. The van der Waals surface area contributed by atoms with Crippen molar-refractivity contribution < 1.29 is 21.5 Å². The van der Waals surface area contributed by atoms with Crippen molar-refractivity contribution in [2.24, 2.45) is 0 Å². The van der Waals surface area contributed by atoms with E-state index in [1.807, 2.05) is 0 Å². The van der Waals surface area contributed by atoms with Gasteiger partial charge in [0.1, 0.15) is 6.54 Å². The molecule has 0 saturated carbocycles. The van der Waals surface area contributed by atoms with Crippen molar-refractivity contribution in [3.63, 3.8) is 0 Å². The average molecular weight is 342 g/mol. The summed E-state index contributed by atoms with van der Waals surface area (Å²) in [6.07, 6.45) is 18.5. The molecule has 2 heteroatoms. The smallest absolute Gasteiger partial charge is 0.169 e. The Morgan fingerprint density at radius 2 is 1.20 bits per heavy atom. The lowest BCUT2D eigenvalue weighted by Crippen LogP contribution is -3.00. The standard InChI is InChI=1S/C18H32N.BrH/c1-3-4-5-6-7-8-9-10-11-12-15-19-16-13-18(2)14-17-19;/h13-14,16-17H,3-12,15H2,1-2H3;1H/q+1;/p-1. The van der Waals surface area contributed by atoms with E-state index in [2.05, 4.69) is 42.9 Å². The number of hydrogen-bond donors (Lipinski definition) is 0. The van der Waals surface area contributed by atoms with Gasteiger partial charge in [-0.15, -0.1) is 0 Å². The van der Waals surface area contributed by atoms with Gasteiger partial charge in [0.25, 0.3) is 0 Å². The molecule has 1 aromatic rings. The molecule has 0 bridgehead atoms. The lowest BCUT2D eigenvalue weighted by atomic mass is 10.1. The van der Waals surface area contributed by atoms with E-state index in [-0.39, 0.29) is 17.0 Å². The van der Waals surface area contributed by atoms with Crippen molar-refractivity contribution in [1.82, 2.24) is 0 Å². The first-order valence-electron chi connectivity index (χ1n) is 8.28. The van der Waals surface area contributed by atoms with Crippen molar-refractivity contribution in [1.29, 1.82) is 0 Å². The molecule has 0 radical (unpaired) electrons. The Balaban J connectivity index is 0.00000361. The SMILES string of the molecule is CCCCCCCCCCCC[n+]1ccc(C)cc1.[Br-]. The highest BCUT2D eigenvalue weighted by Gasteiger charge is 1.99. The molecule has 0 N–H and O–H groups in total. The van der Waals surface area contributed by atoms with E-state index in [1.54, 1.807) is 0 Å². The molecule has 0 atom stereocenters. The fraction of sp³-hybridized carbons (Fsp3) is 0.722. The Morgan fingerprint density at radius 3 is 1.70 bits per heavy atom. The van der Waals surface area contributed by atoms with E-state index < -0.39 is 0 Å². The molecule has 1 aromatic heterocycles. The lowest BCUT2D eigenvalue weighted by Gasteiger charge is -2.01. The van der Waals surface area contributed by atoms with Crippen LogP contribution in [0.5, 0.6) is 0 Å². The third-order valence-corrected chi connectivity index (χ3v) is 3.83. The largest absolute Gasteiger partial charge is 1.00 e. The Morgan fingerprint density at radius 1 is 0.750 bits per heavy atom. The fourth-order valence-electron chi connectivity index (χ4n) is 2.46. The van der Waals surface area contributed by atoms with Gasteiger partial charge >= 0.3 is 0 Å². The minimum atomic E-state index is 0. The summed E-state index contributed by atoms with van der Waals surface area (Å²) < 4.78 is 2.30. The van der Waals surface area contributed by atoms with Crippen LogP contribution in [-0.2, 0) is 6.54 Å². The van der Waals surface area contributed by atoms with Crippen LogP contribution in [0.2, 0.25) is 0 Å². The van der Waals surface area contributed by atoms with E-state index >= 15 is 0 Å². The zero-order valence-corrected chi connectivity index (χ0v) is 15.0. The van der Waals surface area contributed by atoms with E-state index in [4.69, 9.17) is 0 Å². The molecule has 1 nitrogen and oxygen atoms in total. The molecule has 0 aliphatic carbocycles. The maximum atomic E-state index is 2.30. The van der Waals surface area contributed by atoms with E-state index in [9.17, 15) is 0 Å². The molecule has 1 rings (SSSR count). The quantitative estimate of drug-likeness (QED) is 0.429. The van der Waals surface area contributed by atoms with Gasteiger partial charge in [-0.3, -0.25) is 0 Å². The fourth-order valence-corrected chi connectivity index (χ4v) is 2.46. The van der Waals surface area contributed by atoms with Gasteiger partial charge in [0.05, 0.1) is 0 Å². The van der Waals surface area contributed by atoms with Gasteiger partial charge in [0, 0.05) is 18.6 Å². The lowest BCUT2D eigenvalue weighted by molar-refractivity contribution is -0.697. The molecular weight excluding hydrogens is 310 g/mol. The van der Waals surface area contributed by atoms with Crippen LogP contribution < -0.4 is 21.5 Å². The number of unbranched alkanes of at least 4 members (excludes halogenated alkanes) is 9. The molecule has 0 aromatic carbocycles. The third-order valence-electron chi connectivity index (χ3n) is 3.83. The molecule has 116 valence electrons. The summed E-state index contributed by atoms with van der Waals surface area (Å²) in [7, 11) is 0. The Labute approximate surface area is 136 Å². The van der Waals surface area contributed by atoms with Gasteiger partial charge < -0.3 is 17.0 Å². The Kier molecular flexibility index (Phi) is 13.4. The Hall–Kier alpha value is -0.370. The number of rotatable bonds is 11. The van der Waals surface area contributed by atoms with E-state index in [0.29, 0.717) is 0 Å². The van der Waals surface area contributed by atoms with Gasteiger partial charge in [-0.25, -0.2) is 4.57 Å². The van der Waals surface area contributed by atoms with E-state index in [1.165, 1.54) is 76.3 Å². The number of halogens is 1. The van der Waals surface area contributed by atoms with Crippen molar-refractivity contribution in [2.75, 3.05) is 0 Å². The second kappa shape index (κ2) is 13.6. The van der Waals surface area contributed by atoms with Crippen LogP contribution in [0, 0.1) is 6.92 Å². The van der Waals surface area contributed by atoms with Crippen LogP contribution in [0.3, 0.4) is 0 Å². The summed E-state index contributed by atoms with van der Waals surface area (Å²) in [5.74, 6) is 0. The molecule has 0 spiro atoms.